The summed E-state index contributed by atoms with van der Waals surface area (Å²) in [6, 6.07) is 6.14. The first-order valence-electron chi connectivity index (χ1n) is 11.1. The number of benzene rings is 1. The molecule has 4 rings (SSSR count). The second kappa shape index (κ2) is 8.90. The van der Waals surface area contributed by atoms with Crippen LogP contribution in [0.2, 0.25) is 0 Å². The van der Waals surface area contributed by atoms with Crippen LogP contribution in [0.25, 0.3) is 0 Å². The molecular weight excluding hydrogens is 449 g/mol. The summed E-state index contributed by atoms with van der Waals surface area (Å²) in [7, 11) is 0. The lowest BCUT2D eigenvalue weighted by Crippen LogP contribution is -2.49. The topological polar surface area (TPSA) is 88.8 Å². The van der Waals surface area contributed by atoms with Crippen LogP contribution in [-0.2, 0) is 11.0 Å². The van der Waals surface area contributed by atoms with Crippen LogP contribution >= 0.6 is 0 Å². The Bertz CT molecular complexity index is 1100. The van der Waals surface area contributed by atoms with Gasteiger partial charge in [-0.25, -0.2) is 0 Å². The van der Waals surface area contributed by atoms with Crippen molar-refractivity contribution >= 4 is 11.8 Å². The molecule has 3 atom stereocenters. The summed E-state index contributed by atoms with van der Waals surface area (Å²) in [5.41, 5.74) is 7.48. The second-order valence-electron chi connectivity index (χ2n) is 8.96. The van der Waals surface area contributed by atoms with E-state index in [0.717, 1.165) is 35.4 Å². The van der Waals surface area contributed by atoms with E-state index in [1.807, 2.05) is 26.0 Å². The number of pyridine rings is 1. The maximum absolute atomic E-state index is 12.9. The number of nitrogens with two attached hydrogens (primary N) is 1. The maximum atomic E-state index is 12.9. The van der Waals surface area contributed by atoms with Crippen molar-refractivity contribution in [3.05, 3.63) is 58.4 Å². The number of likely N-dealkylation sites (tertiary alicyclic amines) is 2. The van der Waals surface area contributed by atoms with Crippen molar-refractivity contribution in [1.29, 1.82) is 0 Å². The van der Waals surface area contributed by atoms with Crippen molar-refractivity contribution in [2.75, 3.05) is 19.7 Å². The summed E-state index contributed by atoms with van der Waals surface area (Å²) < 4.78 is 43.8. The van der Waals surface area contributed by atoms with Crippen molar-refractivity contribution in [1.82, 2.24) is 14.8 Å². The highest BCUT2D eigenvalue weighted by molar-refractivity contribution is 5.94. The molecule has 2 aromatic rings. The van der Waals surface area contributed by atoms with Crippen LogP contribution in [-0.4, -0.2) is 58.4 Å². The van der Waals surface area contributed by atoms with Crippen LogP contribution in [0.3, 0.4) is 0 Å². The lowest BCUT2D eigenvalue weighted by Gasteiger charge is -2.38. The van der Waals surface area contributed by atoms with E-state index < -0.39 is 17.8 Å². The molecule has 34 heavy (non-hydrogen) atoms. The predicted molar refractivity (Wildman–Crippen MR) is 118 cm³/mol. The third-order valence-electron chi connectivity index (χ3n) is 6.94. The summed E-state index contributed by atoms with van der Waals surface area (Å²) in [6.45, 7) is 7.11. The van der Waals surface area contributed by atoms with E-state index >= 15 is 0 Å². The number of piperazine rings is 1. The second-order valence-corrected chi connectivity index (χ2v) is 8.96. The van der Waals surface area contributed by atoms with E-state index in [4.69, 9.17) is 10.5 Å². The van der Waals surface area contributed by atoms with Crippen LogP contribution in [0.4, 0.5) is 13.2 Å². The van der Waals surface area contributed by atoms with Gasteiger partial charge in [0.25, 0.3) is 11.8 Å². The first kappa shape index (κ1) is 24.0. The van der Waals surface area contributed by atoms with E-state index in [9.17, 15) is 22.8 Å². The molecule has 0 spiro atoms. The van der Waals surface area contributed by atoms with Gasteiger partial charge in [0.2, 0.25) is 0 Å². The summed E-state index contributed by atoms with van der Waals surface area (Å²) in [5.74, 6) is -0.199. The standard InChI is InChI=1S/C24H27F3N4O3/c1-13-14(2)20(34-12-22(28)32)6-5-19(13)15(3)30-10-18-8-17(30)11-31(18)23(33)16-4-7-21(29-9-16)24(25,26)27/h4-7,9,15,17-18H,8,10-12H2,1-3H3,(H2,28,32)/t15-,17-,18-/m0/s1. The zero-order valence-electron chi connectivity index (χ0n) is 19.2. The molecule has 2 amide bonds. The molecule has 2 fully saturated rings. The fourth-order valence-corrected chi connectivity index (χ4v) is 5.03. The van der Waals surface area contributed by atoms with E-state index in [-0.39, 0.29) is 36.2 Å². The van der Waals surface area contributed by atoms with Crippen LogP contribution in [0, 0.1) is 13.8 Å². The number of carbonyl (C=O) groups is 2. The Kier molecular flexibility index (Phi) is 6.28. The van der Waals surface area contributed by atoms with Crippen LogP contribution in [0.1, 0.15) is 52.1 Å². The molecule has 1 aromatic heterocycles. The third kappa shape index (κ3) is 4.46. The molecule has 7 nitrogen and oxygen atoms in total. The number of ether oxygens (including phenoxy) is 1. The smallest absolute Gasteiger partial charge is 0.433 e. The van der Waals surface area contributed by atoms with Gasteiger partial charge in [-0.2, -0.15) is 13.2 Å². The molecule has 0 saturated carbocycles. The molecule has 2 aliphatic heterocycles. The van der Waals surface area contributed by atoms with Gasteiger partial charge in [0.1, 0.15) is 11.4 Å². The van der Waals surface area contributed by atoms with Crippen LogP contribution in [0.15, 0.2) is 30.5 Å². The van der Waals surface area contributed by atoms with Gasteiger partial charge in [0.05, 0.1) is 5.56 Å². The summed E-state index contributed by atoms with van der Waals surface area (Å²) in [4.78, 5) is 31.5. The number of amides is 2. The van der Waals surface area contributed by atoms with Gasteiger partial charge in [-0.1, -0.05) is 6.07 Å². The van der Waals surface area contributed by atoms with E-state index in [2.05, 4.69) is 16.8 Å². The molecule has 0 unspecified atom stereocenters. The number of hydrogen-bond donors (Lipinski definition) is 1. The van der Waals surface area contributed by atoms with Crippen LogP contribution < -0.4 is 10.5 Å². The van der Waals surface area contributed by atoms with Crippen LogP contribution in [0.5, 0.6) is 5.75 Å². The molecule has 3 heterocycles. The number of alkyl halides is 3. The average Bonchev–Trinajstić information content (AvgIpc) is 3.40. The predicted octanol–water partition coefficient (Wildman–Crippen LogP) is 3.24. The summed E-state index contributed by atoms with van der Waals surface area (Å²) >= 11 is 0. The van der Waals surface area contributed by atoms with E-state index in [1.165, 1.54) is 6.07 Å². The Balaban J connectivity index is 1.44. The molecule has 182 valence electrons. The normalized spacial score (nSPS) is 21.1. The SMILES string of the molecule is Cc1c(OCC(N)=O)ccc([C@H](C)N2C[C@@H]3C[C@H]2CN3C(=O)c2ccc(C(F)(F)F)nc2)c1C. The molecule has 2 N–H and O–H groups in total. The number of halogens is 3. The van der Waals surface area contributed by atoms with E-state index in [0.29, 0.717) is 18.8 Å². The number of hydrogen-bond acceptors (Lipinski definition) is 5. The number of primary amides is 1. The van der Waals surface area contributed by atoms with Crippen molar-refractivity contribution in [2.24, 2.45) is 5.73 Å². The Morgan fingerprint density at radius 2 is 1.88 bits per heavy atom. The molecular formula is C24H27F3N4O3. The van der Waals surface area contributed by atoms with Crippen molar-refractivity contribution in [2.45, 2.75) is 51.5 Å². The van der Waals surface area contributed by atoms with Gasteiger partial charge in [-0.3, -0.25) is 19.5 Å². The number of nitrogens with zero attached hydrogens (tertiary/aromatic N) is 3. The number of aromatic nitrogens is 1. The number of carbonyl (C=O) groups excluding carboxylic acids is 2. The Morgan fingerprint density at radius 1 is 1.15 bits per heavy atom. The fourth-order valence-electron chi connectivity index (χ4n) is 5.03. The third-order valence-corrected chi connectivity index (χ3v) is 6.94. The Labute approximate surface area is 195 Å². The lowest BCUT2D eigenvalue weighted by molar-refractivity contribution is -0.141. The first-order chi connectivity index (χ1) is 16.0. The maximum Gasteiger partial charge on any atom is 0.433 e. The lowest BCUT2D eigenvalue weighted by atomic mass is 9.96. The van der Waals surface area contributed by atoms with Gasteiger partial charge < -0.3 is 15.4 Å². The molecule has 2 bridgehead atoms. The zero-order chi connectivity index (χ0) is 24.8. The fraction of sp³-hybridized carbons (Fsp3) is 0.458. The van der Waals surface area contributed by atoms with E-state index in [1.54, 1.807) is 4.90 Å². The molecule has 0 aliphatic carbocycles. The summed E-state index contributed by atoms with van der Waals surface area (Å²) in [5, 5.41) is 0. The summed E-state index contributed by atoms with van der Waals surface area (Å²) in [6.07, 6.45) is -2.71. The molecule has 0 radical (unpaired) electrons. The van der Waals surface area contributed by atoms with Crippen molar-refractivity contribution < 1.29 is 27.5 Å². The monoisotopic (exact) mass is 476 g/mol. The van der Waals surface area contributed by atoms with Gasteiger partial charge in [-0.15, -0.1) is 0 Å². The van der Waals surface area contributed by atoms with Crippen molar-refractivity contribution in [3.63, 3.8) is 0 Å². The minimum Gasteiger partial charge on any atom is -0.484 e. The molecule has 1 aromatic carbocycles. The zero-order valence-corrected chi connectivity index (χ0v) is 19.2. The highest BCUT2D eigenvalue weighted by Gasteiger charge is 2.47. The largest absolute Gasteiger partial charge is 0.484 e. The molecule has 2 saturated heterocycles. The quantitative estimate of drug-likeness (QED) is 0.692. The minimum atomic E-state index is -4.53. The van der Waals surface area contributed by atoms with Gasteiger partial charge >= 0.3 is 6.18 Å². The van der Waals surface area contributed by atoms with Gasteiger partial charge in [0, 0.05) is 37.4 Å². The van der Waals surface area contributed by atoms with Gasteiger partial charge in [0.15, 0.2) is 6.61 Å². The minimum absolute atomic E-state index is 0.00168. The van der Waals surface area contributed by atoms with Crippen molar-refractivity contribution in [3.8, 4) is 5.75 Å². The Hall–Kier alpha value is -3.14. The Morgan fingerprint density at radius 3 is 2.44 bits per heavy atom. The average molecular weight is 476 g/mol. The first-order valence-corrected chi connectivity index (χ1v) is 11.1. The highest BCUT2D eigenvalue weighted by Crippen LogP contribution is 2.39. The number of rotatable bonds is 6. The van der Waals surface area contributed by atoms with Gasteiger partial charge in [-0.05, 0) is 62.1 Å². The molecule has 10 heteroatoms. The highest BCUT2D eigenvalue weighted by atomic mass is 19.4. The number of fused-ring (bicyclic) bond motifs is 2. The molecule has 2 aliphatic rings.